The first kappa shape index (κ1) is 16.5. The Morgan fingerprint density at radius 1 is 1.27 bits per heavy atom. The van der Waals surface area contributed by atoms with Gasteiger partial charge in [-0.05, 0) is 38.7 Å². The molecule has 0 spiro atoms. The van der Waals surface area contributed by atoms with Gasteiger partial charge in [0.25, 0.3) is 0 Å². The number of benzene rings is 1. The maximum absolute atomic E-state index is 12.7. The second-order valence-corrected chi connectivity index (χ2v) is 6.87. The minimum absolute atomic E-state index is 0.0632. The second kappa shape index (κ2) is 6.08. The van der Waals surface area contributed by atoms with E-state index in [2.05, 4.69) is 0 Å². The SMILES string of the molecule is CC(C)(N)C[C@@]1(C(N)=O)CCCN1C(=O)Cc1ccccc1. The lowest BCUT2D eigenvalue weighted by Crippen LogP contribution is -2.60. The highest BCUT2D eigenvalue weighted by Gasteiger charge is 2.50. The molecule has 0 saturated carbocycles. The number of nitrogens with zero attached hydrogens (tertiary/aromatic N) is 1. The number of hydrogen-bond donors (Lipinski definition) is 2. The zero-order valence-electron chi connectivity index (χ0n) is 13.3. The maximum Gasteiger partial charge on any atom is 0.243 e. The molecule has 1 aromatic carbocycles. The van der Waals surface area contributed by atoms with Crippen molar-refractivity contribution in [2.45, 2.75) is 50.6 Å². The Morgan fingerprint density at radius 3 is 2.45 bits per heavy atom. The van der Waals surface area contributed by atoms with Crippen molar-refractivity contribution in [3.05, 3.63) is 35.9 Å². The molecule has 2 amide bonds. The van der Waals surface area contributed by atoms with Crippen LogP contribution in [0.5, 0.6) is 0 Å². The third-order valence-electron chi connectivity index (χ3n) is 4.19. The van der Waals surface area contributed by atoms with Crippen LogP contribution in [0, 0.1) is 0 Å². The summed E-state index contributed by atoms with van der Waals surface area (Å²) in [5.41, 5.74) is 11.2. The third kappa shape index (κ3) is 3.47. The van der Waals surface area contributed by atoms with E-state index in [1.165, 1.54) is 0 Å². The molecular formula is C17H25N3O2. The van der Waals surface area contributed by atoms with Gasteiger partial charge in [-0.1, -0.05) is 30.3 Å². The molecule has 4 N–H and O–H groups in total. The smallest absolute Gasteiger partial charge is 0.243 e. The zero-order valence-corrected chi connectivity index (χ0v) is 13.3. The van der Waals surface area contributed by atoms with Gasteiger partial charge in [0.15, 0.2) is 0 Å². The van der Waals surface area contributed by atoms with E-state index in [-0.39, 0.29) is 12.3 Å². The van der Waals surface area contributed by atoms with Crippen molar-refractivity contribution < 1.29 is 9.59 Å². The Morgan fingerprint density at radius 2 is 1.91 bits per heavy atom. The molecule has 0 aliphatic carbocycles. The van der Waals surface area contributed by atoms with E-state index >= 15 is 0 Å². The molecule has 22 heavy (non-hydrogen) atoms. The molecule has 5 nitrogen and oxygen atoms in total. The number of carbonyl (C=O) groups is 2. The summed E-state index contributed by atoms with van der Waals surface area (Å²) in [6, 6.07) is 9.53. The summed E-state index contributed by atoms with van der Waals surface area (Å²) in [4.78, 5) is 26.5. The van der Waals surface area contributed by atoms with Crippen LogP contribution in [0.2, 0.25) is 0 Å². The van der Waals surface area contributed by atoms with E-state index in [0.29, 0.717) is 19.4 Å². The predicted molar refractivity (Wildman–Crippen MR) is 85.9 cm³/mol. The predicted octanol–water partition coefficient (Wildman–Crippen LogP) is 1.20. The maximum atomic E-state index is 12.7. The van der Waals surface area contributed by atoms with Gasteiger partial charge in [0.1, 0.15) is 5.54 Å². The zero-order chi connectivity index (χ0) is 16.4. The molecule has 1 aliphatic heterocycles. The third-order valence-corrected chi connectivity index (χ3v) is 4.19. The Bertz CT molecular complexity index is 551. The van der Waals surface area contributed by atoms with E-state index in [4.69, 9.17) is 11.5 Å². The summed E-state index contributed by atoms with van der Waals surface area (Å²) in [6.45, 7) is 4.27. The molecule has 0 aromatic heterocycles. The first-order valence-corrected chi connectivity index (χ1v) is 7.68. The highest BCUT2D eigenvalue weighted by atomic mass is 16.2. The molecule has 1 aromatic rings. The second-order valence-electron chi connectivity index (χ2n) is 6.87. The normalized spacial score (nSPS) is 21.9. The van der Waals surface area contributed by atoms with Gasteiger partial charge in [0, 0.05) is 12.1 Å². The van der Waals surface area contributed by atoms with E-state index in [1.54, 1.807) is 4.90 Å². The van der Waals surface area contributed by atoms with Gasteiger partial charge >= 0.3 is 0 Å². The first-order valence-electron chi connectivity index (χ1n) is 7.68. The van der Waals surface area contributed by atoms with Crippen LogP contribution in [0.4, 0.5) is 0 Å². The fourth-order valence-electron chi connectivity index (χ4n) is 3.39. The number of amides is 2. The highest BCUT2D eigenvalue weighted by molar-refractivity contribution is 5.91. The molecule has 1 atom stereocenters. The summed E-state index contributed by atoms with van der Waals surface area (Å²) in [5.74, 6) is -0.517. The van der Waals surface area contributed by atoms with Crippen molar-refractivity contribution in [2.24, 2.45) is 11.5 Å². The average molecular weight is 303 g/mol. The molecular weight excluding hydrogens is 278 g/mol. The molecule has 1 heterocycles. The Balaban J connectivity index is 2.23. The van der Waals surface area contributed by atoms with Crippen LogP contribution in [0.15, 0.2) is 30.3 Å². The summed E-state index contributed by atoms with van der Waals surface area (Å²) >= 11 is 0. The molecule has 5 heteroatoms. The molecule has 1 aliphatic rings. The fourth-order valence-corrected chi connectivity index (χ4v) is 3.39. The van der Waals surface area contributed by atoms with Crippen molar-refractivity contribution in [1.82, 2.24) is 4.90 Å². The summed E-state index contributed by atoms with van der Waals surface area (Å²) in [5, 5.41) is 0. The number of rotatable bonds is 5. The van der Waals surface area contributed by atoms with Crippen LogP contribution in [-0.4, -0.2) is 34.3 Å². The number of likely N-dealkylation sites (tertiary alicyclic amines) is 1. The molecule has 0 bridgehead atoms. The highest BCUT2D eigenvalue weighted by Crippen LogP contribution is 2.36. The molecule has 1 fully saturated rings. The molecule has 1 saturated heterocycles. The molecule has 0 unspecified atom stereocenters. The van der Waals surface area contributed by atoms with E-state index in [1.807, 2.05) is 44.2 Å². The Kier molecular flexibility index (Phi) is 4.56. The summed E-state index contributed by atoms with van der Waals surface area (Å²) in [6.07, 6.45) is 2.03. The van der Waals surface area contributed by atoms with E-state index in [9.17, 15) is 9.59 Å². The van der Waals surface area contributed by atoms with Crippen LogP contribution in [0.3, 0.4) is 0 Å². The van der Waals surface area contributed by atoms with Crippen molar-refractivity contribution in [1.29, 1.82) is 0 Å². The minimum atomic E-state index is -0.954. The number of nitrogens with two attached hydrogens (primary N) is 2. The average Bonchev–Trinajstić information content (AvgIpc) is 2.82. The first-order chi connectivity index (χ1) is 10.2. The lowest BCUT2D eigenvalue weighted by atomic mass is 9.82. The van der Waals surface area contributed by atoms with Gasteiger partial charge < -0.3 is 16.4 Å². The molecule has 120 valence electrons. The van der Waals surface area contributed by atoms with Crippen molar-refractivity contribution in [3.63, 3.8) is 0 Å². The van der Waals surface area contributed by atoms with Crippen LogP contribution >= 0.6 is 0 Å². The topological polar surface area (TPSA) is 89.4 Å². The monoisotopic (exact) mass is 303 g/mol. The van der Waals surface area contributed by atoms with Gasteiger partial charge in [-0.2, -0.15) is 0 Å². The van der Waals surface area contributed by atoms with Crippen molar-refractivity contribution in [2.75, 3.05) is 6.54 Å². The van der Waals surface area contributed by atoms with Crippen LogP contribution in [0.1, 0.15) is 38.7 Å². The quantitative estimate of drug-likeness (QED) is 0.856. The van der Waals surface area contributed by atoms with Gasteiger partial charge in [-0.15, -0.1) is 0 Å². The van der Waals surface area contributed by atoms with Gasteiger partial charge in [-0.25, -0.2) is 0 Å². The molecule has 2 rings (SSSR count). The number of carbonyl (C=O) groups excluding carboxylic acids is 2. The number of primary amides is 1. The van der Waals surface area contributed by atoms with E-state index < -0.39 is 17.0 Å². The lowest BCUT2D eigenvalue weighted by molar-refractivity contribution is -0.144. The summed E-state index contributed by atoms with van der Waals surface area (Å²) < 4.78 is 0. The summed E-state index contributed by atoms with van der Waals surface area (Å²) in [7, 11) is 0. The van der Waals surface area contributed by atoms with Gasteiger partial charge in [-0.3, -0.25) is 9.59 Å². The van der Waals surface area contributed by atoms with E-state index in [0.717, 1.165) is 12.0 Å². The Hall–Kier alpha value is -1.88. The standard InChI is InChI=1S/C17H25N3O2/c1-16(2,19)12-17(15(18)22)9-6-10-20(17)14(21)11-13-7-4-3-5-8-13/h3-5,7-8H,6,9-12,19H2,1-2H3,(H2,18,22)/t17-/m1/s1. The van der Waals surface area contributed by atoms with Crippen LogP contribution < -0.4 is 11.5 Å². The van der Waals surface area contributed by atoms with Crippen molar-refractivity contribution >= 4 is 11.8 Å². The van der Waals surface area contributed by atoms with Crippen molar-refractivity contribution in [3.8, 4) is 0 Å². The largest absolute Gasteiger partial charge is 0.368 e. The molecule has 0 radical (unpaired) electrons. The lowest BCUT2D eigenvalue weighted by Gasteiger charge is -2.40. The van der Waals surface area contributed by atoms with Gasteiger partial charge in [0.05, 0.1) is 6.42 Å². The number of hydrogen-bond acceptors (Lipinski definition) is 3. The van der Waals surface area contributed by atoms with Gasteiger partial charge in [0.2, 0.25) is 11.8 Å². The fraction of sp³-hybridized carbons (Fsp3) is 0.529. The Labute approximate surface area is 131 Å². The van der Waals surface area contributed by atoms with Crippen LogP contribution in [-0.2, 0) is 16.0 Å². The minimum Gasteiger partial charge on any atom is -0.368 e. The van der Waals surface area contributed by atoms with Crippen LogP contribution in [0.25, 0.3) is 0 Å².